The molecule has 0 aromatic carbocycles. The second kappa shape index (κ2) is 4.42. The summed E-state index contributed by atoms with van der Waals surface area (Å²) in [6.45, 7) is 3.69. The monoisotopic (exact) mass is 235 g/mol. The van der Waals surface area contributed by atoms with Gasteiger partial charge in [0.15, 0.2) is 11.5 Å². The summed E-state index contributed by atoms with van der Waals surface area (Å²) in [5.41, 5.74) is -0.961. The largest absolute Gasteiger partial charge is 0.436 e. The van der Waals surface area contributed by atoms with Crippen LogP contribution in [0.1, 0.15) is 11.5 Å². The molecule has 1 aliphatic heterocycles. The Bertz CT molecular complexity index is 344. The van der Waals surface area contributed by atoms with Gasteiger partial charge in [-0.2, -0.15) is 13.2 Å². The Kier molecular flexibility index (Phi) is 3.15. The summed E-state index contributed by atoms with van der Waals surface area (Å²) in [6.07, 6.45) is -4.43. The Balaban J connectivity index is 1.97. The molecule has 0 aliphatic carbocycles. The molecule has 4 nitrogen and oxygen atoms in total. The Morgan fingerprint density at radius 3 is 2.62 bits per heavy atom. The lowest BCUT2D eigenvalue weighted by Crippen LogP contribution is -2.42. The lowest BCUT2D eigenvalue weighted by molar-refractivity contribution is -0.142. The van der Waals surface area contributed by atoms with Crippen LogP contribution in [0.3, 0.4) is 0 Å². The first-order chi connectivity index (χ1) is 7.55. The molecule has 0 amide bonds. The van der Waals surface area contributed by atoms with Crippen LogP contribution in [0.25, 0.3) is 0 Å². The first-order valence-electron chi connectivity index (χ1n) is 5.01. The zero-order valence-electron chi connectivity index (χ0n) is 8.55. The van der Waals surface area contributed by atoms with Crippen molar-refractivity contribution in [2.75, 3.05) is 26.2 Å². The van der Waals surface area contributed by atoms with E-state index >= 15 is 0 Å². The fraction of sp³-hybridized carbons (Fsp3) is 0.667. The predicted molar refractivity (Wildman–Crippen MR) is 49.7 cm³/mol. The first-order valence-corrected chi connectivity index (χ1v) is 5.01. The van der Waals surface area contributed by atoms with Crippen molar-refractivity contribution in [3.63, 3.8) is 0 Å². The van der Waals surface area contributed by atoms with Crippen LogP contribution in [0.15, 0.2) is 10.6 Å². The number of nitrogens with one attached hydrogen (secondary N) is 1. The summed E-state index contributed by atoms with van der Waals surface area (Å²) in [6, 6.07) is 0.960. The van der Waals surface area contributed by atoms with Crippen LogP contribution in [-0.4, -0.2) is 36.2 Å². The zero-order chi connectivity index (χ0) is 11.6. The summed E-state index contributed by atoms with van der Waals surface area (Å²) in [7, 11) is 0. The fourth-order valence-electron chi connectivity index (χ4n) is 1.61. The number of hydrogen-bond acceptors (Lipinski definition) is 4. The van der Waals surface area contributed by atoms with E-state index in [-0.39, 0.29) is 5.76 Å². The molecule has 2 heterocycles. The van der Waals surface area contributed by atoms with Crippen LogP contribution < -0.4 is 5.32 Å². The van der Waals surface area contributed by atoms with Gasteiger partial charge in [0.2, 0.25) is 0 Å². The van der Waals surface area contributed by atoms with E-state index in [1.54, 1.807) is 0 Å². The zero-order valence-corrected chi connectivity index (χ0v) is 8.55. The van der Waals surface area contributed by atoms with Gasteiger partial charge in [-0.3, -0.25) is 4.90 Å². The van der Waals surface area contributed by atoms with E-state index in [2.05, 4.69) is 15.0 Å². The van der Waals surface area contributed by atoms with Crippen LogP contribution in [0, 0.1) is 0 Å². The molecule has 1 fully saturated rings. The quantitative estimate of drug-likeness (QED) is 0.833. The number of alkyl halides is 3. The second-order valence-electron chi connectivity index (χ2n) is 3.70. The van der Waals surface area contributed by atoms with E-state index in [0.29, 0.717) is 6.54 Å². The van der Waals surface area contributed by atoms with Crippen molar-refractivity contribution in [2.45, 2.75) is 12.7 Å². The maximum atomic E-state index is 12.2. The maximum Gasteiger partial charge on any atom is 0.436 e. The molecule has 0 radical (unpaired) electrons. The van der Waals surface area contributed by atoms with Gasteiger partial charge in [0, 0.05) is 32.2 Å². The highest BCUT2D eigenvalue weighted by Gasteiger charge is 2.35. The van der Waals surface area contributed by atoms with E-state index in [4.69, 9.17) is 0 Å². The minimum Gasteiger partial charge on any atom is -0.359 e. The molecule has 1 saturated heterocycles. The highest BCUT2D eigenvalue weighted by Crippen LogP contribution is 2.28. The third-order valence-electron chi connectivity index (χ3n) is 2.44. The van der Waals surface area contributed by atoms with Crippen molar-refractivity contribution in [1.82, 2.24) is 15.4 Å². The molecule has 7 heteroatoms. The molecule has 2 rings (SSSR count). The average molecular weight is 235 g/mol. The SMILES string of the molecule is FC(F)(F)c1cc(CN2CCNCC2)on1. The molecule has 0 bridgehead atoms. The van der Waals surface area contributed by atoms with E-state index in [9.17, 15) is 13.2 Å². The van der Waals surface area contributed by atoms with Gasteiger partial charge < -0.3 is 9.84 Å². The Morgan fingerprint density at radius 1 is 1.38 bits per heavy atom. The highest BCUT2D eigenvalue weighted by atomic mass is 19.4. The summed E-state index contributed by atoms with van der Waals surface area (Å²) < 4.78 is 41.4. The van der Waals surface area contributed by atoms with Crippen molar-refractivity contribution >= 4 is 0 Å². The van der Waals surface area contributed by atoms with Crippen LogP contribution in [0.5, 0.6) is 0 Å². The number of hydrogen-bond donors (Lipinski definition) is 1. The summed E-state index contributed by atoms with van der Waals surface area (Å²) >= 11 is 0. The molecule has 0 unspecified atom stereocenters. The summed E-state index contributed by atoms with van der Waals surface area (Å²) in [5, 5.41) is 6.17. The molecule has 16 heavy (non-hydrogen) atoms. The van der Waals surface area contributed by atoms with Gasteiger partial charge in [0.1, 0.15) is 0 Å². The number of nitrogens with zero attached hydrogens (tertiary/aromatic N) is 2. The predicted octanol–water partition coefficient (Wildman–Crippen LogP) is 1.10. The first kappa shape index (κ1) is 11.4. The van der Waals surface area contributed by atoms with Crippen LogP contribution in [0.2, 0.25) is 0 Å². The maximum absolute atomic E-state index is 12.2. The molecule has 1 aromatic heterocycles. The molecule has 1 N–H and O–H groups in total. The molecule has 1 aliphatic rings. The van der Waals surface area contributed by atoms with E-state index < -0.39 is 11.9 Å². The standard InChI is InChI=1S/C9H12F3N3O/c10-9(11,12)8-5-7(16-14-8)6-15-3-1-13-2-4-15/h5,13H,1-4,6H2. The van der Waals surface area contributed by atoms with E-state index in [0.717, 1.165) is 32.2 Å². The molecule has 0 saturated carbocycles. The van der Waals surface area contributed by atoms with Gasteiger partial charge in [-0.15, -0.1) is 0 Å². The second-order valence-corrected chi connectivity index (χ2v) is 3.70. The normalized spacial score (nSPS) is 18.9. The van der Waals surface area contributed by atoms with Crippen molar-refractivity contribution in [3.05, 3.63) is 17.5 Å². The topological polar surface area (TPSA) is 41.3 Å². The third kappa shape index (κ3) is 2.73. The van der Waals surface area contributed by atoms with Crippen LogP contribution >= 0.6 is 0 Å². The van der Waals surface area contributed by atoms with Gasteiger partial charge in [-0.05, 0) is 0 Å². The number of rotatable bonds is 2. The molecule has 1 aromatic rings. The van der Waals surface area contributed by atoms with Crippen molar-refractivity contribution in [2.24, 2.45) is 0 Å². The Morgan fingerprint density at radius 2 is 2.06 bits per heavy atom. The minimum absolute atomic E-state index is 0.259. The van der Waals surface area contributed by atoms with Gasteiger partial charge in [0.25, 0.3) is 0 Å². The highest BCUT2D eigenvalue weighted by molar-refractivity contribution is 5.08. The fourth-order valence-corrected chi connectivity index (χ4v) is 1.61. The molecule has 0 spiro atoms. The van der Waals surface area contributed by atoms with Gasteiger partial charge >= 0.3 is 6.18 Å². The number of aromatic nitrogens is 1. The van der Waals surface area contributed by atoms with Gasteiger partial charge in [0.05, 0.1) is 6.54 Å². The van der Waals surface area contributed by atoms with Crippen molar-refractivity contribution in [3.8, 4) is 0 Å². The van der Waals surface area contributed by atoms with E-state index in [1.807, 2.05) is 4.90 Å². The van der Waals surface area contributed by atoms with Gasteiger partial charge in [-0.1, -0.05) is 5.16 Å². The average Bonchev–Trinajstić information content (AvgIpc) is 2.67. The minimum atomic E-state index is -4.43. The smallest absolute Gasteiger partial charge is 0.359 e. The Hall–Kier alpha value is -1.08. The third-order valence-corrected chi connectivity index (χ3v) is 2.44. The number of halogens is 3. The molecule has 0 atom stereocenters. The summed E-state index contributed by atoms with van der Waals surface area (Å²) in [4.78, 5) is 2.02. The van der Waals surface area contributed by atoms with Crippen LogP contribution in [-0.2, 0) is 12.7 Å². The molecular weight excluding hydrogens is 223 g/mol. The van der Waals surface area contributed by atoms with Crippen molar-refractivity contribution < 1.29 is 17.7 Å². The van der Waals surface area contributed by atoms with Crippen LogP contribution in [0.4, 0.5) is 13.2 Å². The van der Waals surface area contributed by atoms with Gasteiger partial charge in [-0.25, -0.2) is 0 Å². The van der Waals surface area contributed by atoms with E-state index in [1.165, 1.54) is 0 Å². The van der Waals surface area contributed by atoms with Crippen molar-refractivity contribution in [1.29, 1.82) is 0 Å². The number of piperazine rings is 1. The summed E-state index contributed by atoms with van der Waals surface area (Å²) in [5.74, 6) is 0.259. The lowest BCUT2D eigenvalue weighted by atomic mass is 10.3. The Labute approximate surface area is 90.4 Å². The molecular formula is C9H12F3N3O. The molecule has 90 valence electrons. The lowest BCUT2D eigenvalue weighted by Gasteiger charge is -2.25.